The monoisotopic (exact) mass is 298 g/mol. The van der Waals surface area contributed by atoms with Crippen molar-refractivity contribution in [3.05, 3.63) is 41.6 Å². The number of fused-ring (bicyclic) bond motifs is 1. The van der Waals surface area contributed by atoms with E-state index in [4.69, 9.17) is 0 Å². The topological polar surface area (TPSA) is 24.9 Å². The average Bonchev–Trinajstić information content (AvgIpc) is 2.46. The summed E-state index contributed by atoms with van der Waals surface area (Å²) < 4.78 is 27.4. The molecule has 0 saturated carbocycles. The summed E-state index contributed by atoms with van der Waals surface area (Å²) in [7, 11) is 0. The summed E-state index contributed by atoms with van der Waals surface area (Å²) in [4.78, 5) is 4.23. The molecule has 1 aromatic carbocycles. The van der Waals surface area contributed by atoms with Gasteiger partial charge in [-0.3, -0.25) is 4.98 Å². The third-order valence-electron chi connectivity index (χ3n) is 3.83. The van der Waals surface area contributed by atoms with Gasteiger partial charge >= 0.3 is 0 Å². The number of halogens is 3. The van der Waals surface area contributed by atoms with E-state index in [2.05, 4.69) is 10.3 Å². The van der Waals surface area contributed by atoms with Crippen molar-refractivity contribution in [2.24, 2.45) is 5.92 Å². The summed E-state index contributed by atoms with van der Waals surface area (Å²) in [5.74, 6) is -1.04. The first-order valence-corrected chi connectivity index (χ1v) is 6.68. The van der Waals surface area contributed by atoms with Gasteiger partial charge in [0.2, 0.25) is 0 Å². The van der Waals surface area contributed by atoms with Crippen molar-refractivity contribution in [1.82, 2.24) is 10.3 Å². The Morgan fingerprint density at radius 2 is 2.00 bits per heavy atom. The Bertz CT molecular complexity index is 598. The first-order valence-electron chi connectivity index (χ1n) is 6.68. The molecule has 1 fully saturated rings. The molecule has 1 aromatic heterocycles. The molecule has 2 aromatic rings. The maximum absolute atomic E-state index is 13.7. The van der Waals surface area contributed by atoms with E-state index < -0.39 is 11.6 Å². The molecule has 0 spiro atoms. The van der Waals surface area contributed by atoms with E-state index in [1.807, 2.05) is 0 Å². The molecule has 0 radical (unpaired) electrons. The summed E-state index contributed by atoms with van der Waals surface area (Å²) in [5, 5.41) is 3.59. The molecule has 1 saturated heterocycles. The van der Waals surface area contributed by atoms with Gasteiger partial charge in [-0.2, -0.15) is 0 Å². The molecule has 0 bridgehead atoms. The molecular weight excluding hydrogens is 282 g/mol. The van der Waals surface area contributed by atoms with Crippen molar-refractivity contribution in [3.63, 3.8) is 0 Å². The van der Waals surface area contributed by atoms with Crippen molar-refractivity contribution in [2.45, 2.75) is 19.3 Å². The first-order chi connectivity index (χ1) is 9.25. The van der Waals surface area contributed by atoms with Gasteiger partial charge in [0.05, 0.1) is 5.52 Å². The number of pyridine rings is 1. The van der Waals surface area contributed by atoms with Crippen molar-refractivity contribution in [2.75, 3.05) is 13.1 Å². The molecule has 0 unspecified atom stereocenters. The number of aromatic nitrogens is 1. The van der Waals surface area contributed by atoms with Crippen molar-refractivity contribution >= 4 is 23.3 Å². The molecule has 108 valence electrons. The summed E-state index contributed by atoms with van der Waals surface area (Å²) in [6.07, 6.45) is 4.55. The largest absolute Gasteiger partial charge is 0.317 e. The zero-order valence-electron chi connectivity index (χ0n) is 11.0. The maximum atomic E-state index is 13.7. The molecule has 1 N–H and O–H groups in total. The van der Waals surface area contributed by atoms with Crippen LogP contribution < -0.4 is 5.32 Å². The Hall–Kier alpha value is -1.26. The second-order valence-corrected chi connectivity index (χ2v) is 5.13. The van der Waals surface area contributed by atoms with Gasteiger partial charge in [-0.15, -0.1) is 12.4 Å². The highest BCUT2D eigenvalue weighted by atomic mass is 35.5. The third-order valence-corrected chi connectivity index (χ3v) is 3.83. The van der Waals surface area contributed by atoms with Crippen molar-refractivity contribution in [1.29, 1.82) is 0 Å². The highest BCUT2D eigenvalue weighted by molar-refractivity contribution is 5.85. The Morgan fingerprint density at radius 3 is 2.75 bits per heavy atom. The summed E-state index contributed by atoms with van der Waals surface area (Å²) in [6.45, 7) is 2.00. The molecule has 20 heavy (non-hydrogen) atoms. The molecule has 1 aliphatic rings. The van der Waals surface area contributed by atoms with E-state index in [1.54, 1.807) is 18.3 Å². The normalized spacial score (nSPS) is 16.1. The number of hydrogen-bond donors (Lipinski definition) is 1. The van der Waals surface area contributed by atoms with Crippen LogP contribution in [0.25, 0.3) is 10.9 Å². The fraction of sp³-hybridized carbons (Fsp3) is 0.400. The van der Waals surface area contributed by atoms with Crippen LogP contribution in [0.5, 0.6) is 0 Å². The maximum Gasteiger partial charge on any atom is 0.168 e. The first kappa shape index (κ1) is 15.1. The van der Waals surface area contributed by atoms with Crippen LogP contribution in [0.4, 0.5) is 8.78 Å². The zero-order chi connectivity index (χ0) is 13.2. The van der Waals surface area contributed by atoms with Gasteiger partial charge in [-0.25, -0.2) is 8.78 Å². The predicted octanol–water partition coefficient (Wildman–Crippen LogP) is 3.48. The molecule has 3 rings (SSSR count). The van der Waals surface area contributed by atoms with E-state index in [0.717, 1.165) is 37.9 Å². The fourth-order valence-electron chi connectivity index (χ4n) is 2.80. The van der Waals surface area contributed by atoms with Crippen LogP contribution in [0.3, 0.4) is 0 Å². The Labute approximate surface area is 123 Å². The Kier molecular flexibility index (Phi) is 4.89. The highest BCUT2D eigenvalue weighted by Gasteiger charge is 2.18. The lowest BCUT2D eigenvalue weighted by atomic mass is 9.90. The number of rotatable bonds is 2. The van der Waals surface area contributed by atoms with Crippen LogP contribution >= 0.6 is 12.4 Å². The van der Waals surface area contributed by atoms with E-state index in [1.165, 1.54) is 6.07 Å². The second kappa shape index (κ2) is 6.46. The zero-order valence-corrected chi connectivity index (χ0v) is 11.9. The lowest BCUT2D eigenvalue weighted by Gasteiger charge is -2.23. The van der Waals surface area contributed by atoms with Crippen LogP contribution in [-0.4, -0.2) is 18.1 Å². The molecular formula is C15H17ClF2N2. The summed E-state index contributed by atoms with van der Waals surface area (Å²) in [6, 6.07) is 4.54. The number of piperidine rings is 1. The lowest BCUT2D eigenvalue weighted by molar-refractivity contribution is 0.372. The number of hydrogen-bond acceptors (Lipinski definition) is 2. The van der Waals surface area contributed by atoms with Gasteiger partial charge in [0.15, 0.2) is 11.6 Å². The Morgan fingerprint density at radius 1 is 1.25 bits per heavy atom. The third kappa shape index (κ3) is 2.91. The van der Waals surface area contributed by atoms with Gasteiger partial charge in [-0.1, -0.05) is 0 Å². The standard InChI is InChI=1S/C15H16F2N2.ClH/c16-13-9-11(8-10-3-6-18-7-4-10)15-12(14(13)17)2-1-5-19-15;/h1-2,5,9-10,18H,3-4,6-8H2;1H. The smallest absolute Gasteiger partial charge is 0.168 e. The van der Waals surface area contributed by atoms with Crippen LogP contribution in [0.2, 0.25) is 0 Å². The van der Waals surface area contributed by atoms with Crippen molar-refractivity contribution in [3.8, 4) is 0 Å². The van der Waals surface area contributed by atoms with E-state index >= 15 is 0 Å². The van der Waals surface area contributed by atoms with Gasteiger partial charge in [0.25, 0.3) is 0 Å². The van der Waals surface area contributed by atoms with Crippen LogP contribution in [0.1, 0.15) is 18.4 Å². The van der Waals surface area contributed by atoms with Gasteiger partial charge in [0, 0.05) is 11.6 Å². The highest BCUT2D eigenvalue weighted by Crippen LogP contribution is 2.26. The van der Waals surface area contributed by atoms with Crippen molar-refractivity contribution < 1.29 is 8.78 Å². The molecule has 1 aliphatic heterocycles. The van der Waals surface area contributed by atoms with E-state index in [-0.39, 0.29) is 17.8 Å². The summed E-state index contributed by atoms with van der Waals surface area (Å²) in [5.41, 5.74) is 1.42. The predicted molar refractivity (Wildman–Crippen MR) is 78.2 cm³/mol. The van der Waals surface area contributed by atoms with Gasteiger partial charge in [0.1, 0.15) is 0 Å². The van der Waals surface area contributed by atoms with E-state index in [0.29, 0.717) is 11.4 Å². The second-order valence-electron chi connectivity index (χ2n) is 5.13. The summed E-state index contributed by atoms with van der Waals surface area (Å²) >= 11 is 0. The SMILES string of the molecule is Cl.Fc1cc(CC2CCNCC2)c2ncccc2c1F. The molecule has 5 heteroatoms. The number of nitrogens with one attached hydrogen (secondary N) is 1. The van der Waals surface area contributed by atoms with Crippen LogP contribution in [-0.2, 0) is 6.42 Å². The molecule has 0 amide bonds. The van der Waals surface area contributed by atoms with E-state index in [9.17, 15) is 8.78 Å². The number of nitrogens with zero attached hydrogens (tertiary/aromatic N) is 1. The number of benzene rings is 1. The Balaban J connectivity index is 0.00000147. The lowest BCUT2D eigenvalue weighted by Crippen LogP contribution is -2.28. The van der Waals surface area contributed by atoms with Gasteiger partial charge in [-0.05, 0) is 62.0 Å². The van der Waals surface area contributed by atoms with Crippen LogP contribution in [0, 0.1) is 17.6 Å². The minimum Gasteiger partial charge on any atom is -0.317 e. The molecule has 0 aliphatic carbocycles. The minimum absolute atomic E-state index is 0. The average molecular weight is 299 g/mol. The van der Waals surface area contributed by atoms with Gasteiger partial charge < -0.3 is 5.32 Å². The van der Waals surface area contributed by atoms with Crippen LogP contribution in [0.15, 0.2) is 24.4 Å². The minimum atomic E-state index is -0.794. The fourth-order valence-corrected chi connectivity index (χ4v) is 2.80. The quantitative estimate of drug-likeness (QED) is 0.918. The molecule has 2 nitrogen and oxygen atoms in total. The molecule has 0 atom stereocenters. The molecule has 2 heterocycles.